The molecule has 1 N–H and O–H groups in total. The van der Waals surface area contributed by atoms with Gasteiger partial charge in [-0.05, 0) is 17.7 Å². The molecule has 0 aliphatic heterocycles. The Bertz CT molecular complexity index is 614. The number of amides is 1. The second-order valence-electron chi connectivity index (χ2n) is 4.25. The Labute approximate surface area is 124 Å². The fraction of sp³-hybridized carbons (Fsp3) is 0.214. The van der Waals surface area contributed by atoms with E-state index in [-0.39, 0.29) is 17.9 Å². The number of hydrogen-bond acceptors (Lipinski definition) is 5. The number of carbonyl (C=O) groups excluding carboxylic acids is 2. The molecule has 2 rings (SSSR count). The van der Waals surface area contributed by atoms with E-state index in [4.69, 9.17) is 0 Å². The Morgan fingerprint density at radius 3 is 2.67 bits per heavy atom. The number of esters is 1. The molecule has 2 aromatic rings. The largest absolute Gasteiger partial charge is 0.467 e. The van der Waals surface area contributed by atoms with Crippen LogP contribution in [0, 0.1) is 5.82 Å². The minimum absolute atomic E-state index is 0.211. The third kappa shape index (κ3) is 4.09. The molecule has 0 aliphatic rings. The normalized spacial score (nSPS) is 11.7. The quantitative estimate of drug-likeness (QED) is 0.855. The Balaban J connectivity index is 2.09. The van der Waals surface area contributed by atoms with Crippen molar-refractivity contribution < 1.29 is 18.7 Å². The highest BCUT2D eigenvalue weighted by Crippen LogP contribution is 2.08. The average molecular weight is 308 g/mol. The Hall–Kier alpha value is -2.28. The van der Waals surface area contributed by atoms with Gasteiger partial charge >= 0.3 is 5.97 Å². The number of hydrogen-bond donors (Lipinski definition) is 1. The highest BCUT2D eigenvalue weighted by Gasteiger charge is 2.23. The summed E-state index contributed by atoms with van der Waals surface area (Å²) in [6.07, 6.45) is 0.211. The van der Waals surface area contributed by atoms with Crippen LogP contribution in [0.15, 0.2) is 35.2 Å². The van der Waals surface area contributed by atoms with Gasteiger partial charge in [-0.2, -0.15) is 0 Å². The van der Waals surface area contributed by atoms with E-state index in [2.05, 4.69) is 15.0 Å². The lowest BCUT2D eigenvalue weighted by molar-refractivity contribution is -0.142. The second-order valence-corrected chi connectivity index (χ2v) is 4.97. The lowest BCUT2D eigenvalue weighted by Gasteiger charge is -2.16. The average Bonchev–Trinajstić information content (AvgIpc) is 3.02. The van der Waals surface area contributed by atoms with Crippen molar-refractivity contribution in [1.29, 1.82) is 0 Å². The number of rotatable bonds is 5. The molecule has 0 radical (unpaired) electrons. The molecule has 0 fully saturated rings. The lowest BCUT2D eigenvalue weighted by atomic mass is 10.1. The summed E-state index contributed by atoms with van der Waals surface area (Å²) in [5.74, 6) is -1.38. The maximum atomic E-state index is 12.9. The summed E-state index contributed by atoms with van der Waals surface area (Å²) in [6, 6.07) is 4.85. The van der Waals surface area contributed by atoms with Gasteiger partial charge in [0.1, 0.15) is 17.6 Å². The highest BCUT2D eigenvalue weighted by molar-refractivity contribution is 7.07. The number of methoxy groups -OCH3 is 1. The van der Waals surface area contributed by atoms with E-state index in [1.807, 2.05) is 0 Å². The van der Waals surface area contributed by atoms with Crippen molar-refractivity contribution in [2.45, 2.75) is 12.5 Å². The maximum Gasteiger partial charge on any atom is 0.328 e. The molecule has 0 spiro atoms. The summed E-state index contributed by atoms with van der Waals surface area (Å²) in [4.78, 5) is 27.6. The van der Waals surface area contributed by atoms with Gasteiger partial charge in [-0.15, -0.1) is 11.3 Å². The van der Waals surface area contributed by atoms with Crippen LogP contribution < -0.4 is 5.32 Å². The number of benzene rings is 1. The summed E-state index contributed by atoms with van der Waals surface area (Å²) in [6.45, 7) is 0. The van der Waals surface area contributed by atoms with E-state index >= 15 is 0 Å². The van der Waals surface area contributed by atoms with Gasteiger partial charge in [-0.3, -0.25) is 4.79 Å². The van der Waals surface area contributed by atoms with Crippen molar-refractivity contribution in [3.8, 4) is 0 Å². The van der Waals surface area contributed by atoms with Gasteiger partial charge in [-0.25, -0.2) is 14.2 Å². The van der Waals surface area contributed by atoms with E-state index in [1.54, 1.807) is 17.5 Å². The fourth-order valence-corrected chi connectivity index (χ4v) is 2.28. The van der Waals surface area contributed by atoms with Crippen LogP contribution >= 0.6 is 11.3 Å². The van der Waals surface area contributed by atoms with Gasteiger partial charge in [0.2, 0.25) is 0 Å². The molecule has 110 valence electrons. The predicted octanol–water partition coefficient (Wildman–Crippen LogP) is 1.80. The molecule has 5 nitrogen and oxygen atoms in total. The fourth-order valence-electron chi connectivity index (χ4n) is 1.75. The highest BCUT2D eigenvalue weighted by atomic mass is 32.1. The second kappa shape index (κ2) is 6.94. The molecule has 0 saturated heterocycles. The first-order valence-electron chi connectivity index (χ1n) is 6.11. The first-order valence-corrected chi connectivity index (χ1v) is 7.05. The first-order chi connectivity index (χ1) is 10.1. The Morgan fingerprint density at radius 2 is 2.10 bits per heavy atom. The van der Waals surface area contributed by atoms with Crippen LogP contribution in [-0.2, 0) is 16.0 Å². The van der Waals surface area contributed by atoms with Crippen LogP contribution in [0.1, 0.15) is 16.1 Å². The molecule has 21 heavy (non-hydrogen) atoms. The molecule has 0 unspecified atom stereocenters. The molecule has 1 aromatic carbocycles. The summed E-state index contributed by atoms with van der Waals surface area (Å²) in [5, 5.41) is 4.16. The predicted molar refractivity (Wildman–Crippen MR) is 75.5 cm³/mol. The van der Waals surface area contributed by atoms with Gasteiger partial charge in [0.05, 0.1) is 12.6 Å². The summed E-state index contributed by atoms with van der Waals surface area (Å²) in [7, 11) is 1.25. The summed E-state index contributed by atoms with van der Waals surface area (Å²) >= 11 is 1.28. The van der Waals surface area contributed by atoms with Gasteiger partial charge in [-0.1, -0.05) is 12.1 Å². The minimum atomic E-state index is -0.852. The number of ether oxygens (including phenoxy) is 1. The number of carbonyl (C=O) groups is 2. The van der Waals surface area contributed by atoms with Gasteiger partial charge < -0.3 is 10.1 Å². The molecule has 1 aromatic heterocycles. The van der Waals surface area contributed by atoms with Gasteiger partial charge in [0, 0.05) is 11.8 Å². The topological polar surface area (TPSA) is 68.3 Å². The van der Waals surface area contributed by atoms with Crippen molar-refractivity contribution in [3.05, 3.63) is 52.2 Å². The molecular weight excluding hydrogens is 295 g/mol. The third-order valence-corrected chi connectivity index (χ3v) is 3.40. The van der Waals surface area contributed by atoms with Crippen LogP contribution in [0.5, 0.6) is 0 Å². The van der Waals surface area contributed by atoms with Crippen LogP contribution in [-0.4, -0.2) is 30.0 Å². The van der Waals surface area contributed by atoms with Crippen LogP contribution in [0.4, 0.5) is 4.39 Å². The third-order valence-electron chi connectivity index (χ3n) is 2.81. The van der Waals surface area contributed by atoms with Crippen LogP contribution in [0.2, 0.25) is 0 Å². The van der Waals surface area contributed by atoms with Crippen LogP contribution in [0.25, 0.3) is 0 Å². The number of aromatic nitrogens is 1. The molecule has 1 heterocycles. The van der Waals surface area contributed by atoms with E-state index in [0.717, 1.165) is 0 Å². The first kappa shape index (κ1) is 15.1. The van der Waals surface area contributed by atoms with Crippen molar-refractivity contribution in [2.75, 3.05) is 7.11 Å². The zero-order valence-electron chi connectivity index (χ0n) is 11.2. The number of thiazole rings is 1. The molecule has 0 bridgehead atoms. The molecule has 7 heteroatoms. The zero-order chi connectivity index (χ0) is 15.2. The van der Waals surface area contributed by atoms with Crippen molar-refractivity contribution in [1.82, 2.24) is 10.3 Å². The van der Waals surface area contributed by atoms with Gasteiger partial charge in [0.25, 0.3) is 5.91 Å². The summed E-state index contributed by atoms with van der Waals surface area (Å²) < 4.78 is 17.6. The maximum absolute atomic E-state index is 12.9. The standard InChI is InChI=1S/C14H13FN2O3S/c1-20-14(19)11(6-9-2-4-10(15)5-3-9)17-13(18)12-7-21-8-16-12/h2-5,7-8,11H,6H2,1H3,(H,17,18)/t11-/m0/s1. The minimum Gasteiger partial charge on any atom is -0.467 e. The number of halogens is 1. The molecular formula is C14H13FN2O3S. The SMILES string of the molecule is COC(=O)[C@H](Cc1ccc(F)cc1)NC(=O)c1cscn1. The number of nitrogens with zero attached hydrogens (tertiary/aromatic N) is 1. The molecule has 0 saturated carbocycles. The number of nitrogens with one attached hydrogen (secondary N) is 1. The molecule has 0 aliphatic carbocycles. The summed E-state index contributed by atoms with van der Waals surface area (Å²) in [5.41, 5.74) is 2.49. The lowest BCUT2D eigenvalue weighted by Crippen LogP contribution is -2.43. The van der Waals surface area contributed by atoms with Crippen molar-refractivity contribution >= 4 is 23.2 Å². The van der Waals surface area contributed by atoms with E-state index in [1.165, 1.54) is 36.1 Å². The Morgan fingerprint density at radius 1 is 1.38 bits per heavy atom. The van der Waals surface area contributed by atoms with Crippen LogP contribution in [0.3, 0.4) is 0 Å². The smallest absolute Gasteiger partial charge is 0.328 e. The van der Waals surface area contributed by atoms with Gasteiger partial charge in [0.15, 0.2) is 0 Å². The monoisotopic (exact) mass is 308 g/mol. The van der Waals surface area contributed by atoms with E-state index < -0.39 is 17.9 Å². The van der Waals surface area contributed by atoms with Crippen molar-refractivity contribution in [2.24, 2.45) is 0 Å². The van der Waals surface area contributed by atoms with Crippen molar-refractivity contribution in [3.63, 3.8) is 0 Å². The molecule has 1 atom stereocenters. The van der Waals surface area contributed by atoms with E-state index in [9.17, 15) is 14.0 Å². The Kier molecular flexibility index (Phi) is 4.99. The zero-order valence-corrected chi connectivity index (χ0v) is 12.0. The molecule has 1 amide bonds. The van der Waals surface area contributed by atoms with E-state index in [0.29, 0.717) is 5.56 Å².